The van der Waals surface area contributed by atoms with Crippen molar-refractivity contribution < 1.29 is 4.92 Å². The van der Waals surface area contributed by atoms with E-state index in [1.54, 1.807) is 6.07 Å². The molecule has 0 spiro atoms. The molecule has 1 aromatic rings. The van der Waals surface area contributed by atoms with Crippen LogP contribution in [-0.4, -0.2) is 11.0 Å². The van der Waals surface area contributed by atoms with Crippen LogP contribution in [0.5, 0.6) is 0 Å². The molecule has 1 fully saturated rings. The predicted molar refractivity (Wildman–Crippen MR) is 71.2 cm³/mol. The van der Waals surface area contributed by atoms with Gasteiger partial charge in [0.05, 0.1) is 4.92 Å². The third-order valence-corrected chi connectivity index (χ3v) is 4.28. The molecular weight excluding hydrogens is 284 g/mol. The lowest BCUT2D eigenvalue weighted by molar-refractivity contribution is -0.384. The van der Waals surface area contributed by atoms with E-state index in [0.29, 0.717) is 11.5 Å². The standard InChI is InChI=1S/C12H15BrN2O2/c1-8(12(2)5-6-12)14-11-4-3-9(15(16)17)7-10(11)13/h3-4,7-8,14H,5-6H2,1-2H3. The van der Waals surface area contributed by atoms with Crippen LogP contribution in [0.25, 0.3) is 0 Å². The minimum absolute atomic E-state index is 0.104. The Balaban J connectivity index is 2.14. The zero-order chi connectivity index (χ0) is 12.6. The Morgan fingerprint density at radius 3 is 2.65 bits per heavy atom. The SMILES string of the molecule is CC(Nc1ccc([N+](=O)[O-])cc1Br)C1(C)CC1. The van der Waals surface area contributed by atoms with Crippen molar-refractivity contribution in [2.45, 2.75) is 32.7 Å². The monoisotopic (exact) mass is 298 g/mol. The summed E-state index contributed by atoms with van der Waals surface area (Å²) in [6.45, 7) is 4.41. The van der Waals surface area contributed by atoms with Gasteiger partial charge in [-0.25, -0.2) is 0 Å². The van der Waals surface area contributed by atoms with E-state index in [-0.39, 0.29) is 10.6 Å². The van der Waals surface area contributed by atoms with Crippen molar-refractivity contribution in [3.8, 4) is 0 Å². The Hall–Kier alpha value is -1.10. The van der Waals surface area contributed by atoms with E-state index in [1.165, 1.54) is 25.0 Å². The molecule has 2 rings (SSSR count). The minimum atomic E-state index is -0.389. The number of nitro benzene ring substituents is 1. The van der Waals surface area contributed by atoms with Gasteiger partial charge in [0.25, 0.3) is 5.69 Å². The summed E-state index contributed by atoms with van der Waals surface area (Å²) in [6, 6.07) is 5.18. The van der Waals surface area contributed by atoms with Crippen molar-refractivity contribution in [1.29, 1.82) is 0 Å². The first kappa shape index (κ1) is 12.4. The maximum Gasteiger partial charge on any atom is 0.270 e. The van der Waals surface area contributed by atoms with E-state index in [2.05, 4.69) is 35.1 Å². The van der Waals surface area contributed by atoms with Gasteiger partial charge in [0, 0.05) is 28.3 Å². The van der Waals surface area contributed by atoms with Gasteiger partial charge in [-0.1, -0.05) is 6.92 Å². The van der Waals surface area contributed by atoms with Gasteiger partial charge in [-0.2, -0.15) is 0 Å². The van der Waals surface area contributed by atoms with E-state index in [9.17, 15) is 10.1 Å². The summed E-state index contributed by atoms with van der Waals surface area (Å²) < 4.78 is 0.739. The number of halogens is 1. The van der Waals surface area contributed by atoms with Crippen LogP contribution < -0.4 is 5.32 Å². The zero-order valence-electron chi connectivity index (χ0n) is 9.87. The molecule has 0 heterocycles. The fraction of sp³-hybridized carbons (Fsp3) is 0.500. The third-order valence-electron chi connectivity index (χ3n) is 3.62. The molecule has 4 nitrogen and oxygen atoms in total. The maximum atomic E-state index is 10.6. The highest BCUT2D eigenvalue weighted by molar-refractivity contribution is 9.10. The first-order valence-corrected chi connectivity index (χ1v) is 6.42. The lowest BCUT2D eigenvalue weighted by Gasteiger charge is -2.22. The van der Waals surface area contributed by atoms with Crippen LogP contribution in [0, 0.1) is 15.5 Å². The Morgan fingerprint density at radius 1 is 1.53 bits per heavy atom. The van der Waals surface area contributed by atoms with Crippen molar-refractivity contribution in [1.82, 2.24) is 0 Å². The number of hydrogen-bond acceptors (Lipinski definition) is 3. The minimum Gasteiger partial charge on any atom is -0.381 e. The average Bonchev–Trinajstić information content (AvgIpc) is 3.00. The van der Waals surface area contributed by atoms with Crippen LogP contribution in [0.3, 0.4) is 0 Å². The molecule has 92 valence electrons. The molecule has 1 N–H and O–H groups in total. The number of non-ortho nitro benzene ring substituents is 1. The molecule has 0 bridgehead atoms. The molecule has 1 atom stereocenters. The Labute approximate surface area is 109 Å². The largest absolute Gasteiger partial charge is 0.381 e. The summed E-state index contributed by atoms with van der Waals surface area (Å²) >= 11 is 3.36. The summed E-state index contributed by atoms with van der Waals surface area (Å²) in [5, 5.41) is 14.0. The van der Waals surface area contributed by atoms with Crippen LogP contribution in [-0.2, 0) is 0 Å². The van der Waals surface area contributed by atoms with Gasteiger partial charge in [0.1, 0.15) is 0 Å². The fourth-order valence-corrected chi connectivity index (χ4v) is 2.25. The Kier molecular flexibility index (Phi) is 3.12. The zero-order valence-corrected chi connectivity index (χ0v) is 11.5. The molecule has 5 heteroatoms. The lowest BCUT2D eigenvalue weighted by Crippen LogP contribution is -2.25. The topological polar surface area (TPSA) is 55.2 Å². The molecule has 1 aliphatic rings. The molecule has 17 heavy (non-hydrogen) atoms. The Morgan fingerprint density at radius 2 is 2.18 bits per heavy atom. The predicted octanol–water partition coefficient (Wildman–Crippen LogP) is 3.96. The van der Waals surface area contributed by atoms with Crippen molar-refractivity contribution in [2.75, 3.05) is 5.32 Å². The summed E-state index contributed by atoms with van der Waals surface area (Å²) in [5.41, 5.74) is 1.39. The highest BCUT2D eigenvalue weighted by Gasteiger charge is 2.42. The molecule has 1 aromatic carbocycles. The van der Waals surface area contributed by atoms with Crippen LogP contribution in [0.15, 0.2) is 22.7 Å². The number of nitro groups is 1. The van der Waals surface area contributed by atoms with Gasteiger partial charge in [-0.3, -0.25) is 10.1 Å². The number of hydrogen-bond donors (Lipinski definition) is 1. The van der Waals surface area contributed by atoms with Gasteiger partial charge in [0.15, 0.2) is 0 Å². The maximum absolute atomic E-state index is 10.6. The molecular formula is C12H15BrN2O2. The Bertz CT molecular complexity index is 458. The highest BCUT2D eigenvalue weighted by Crippen LogP contribution is 2.49. The first-order chi connectivity index (χ1) is 7.92. The number of benzene rings is 1. The van der Waals surface area contributed by atoms with E-state index >= 15 is 0 Å². The van der Waals surface area contributed by atoms with Crippen molar-refractivity contribution in [2.24, 2.45) is 5.41 Å². The second-order valence-electron chi connectivity index (χ2n) is 4.94. The molecule has 0 aliphatic heterocycles. The van der Waals surface area contributed by atoms with Crippen LogP contribution >= 0.6 is 15.9 Å². The van der Waals surface area contributed by atoms with E-state index < -0.39 is 0 Å². The summed E-state index contributed by atoms with van der Waals surface area (Å²) in [7, 11) is 0. The first-order valence-electron chi connectivity index (χ1n) is 5.63. The summed E-state index contributed by atoms with van der Waals surface area (Å²) in [5.74, 6) is 0. The average molecular weight is 299 g/mol. The second kappa shape index (κ2) is 4.29. The van der Waals surface area contributed by atoms with E-state index in [1.807, 2.05) is 0 Å². The third kappa shape index (κ3) is 2.60. The van der Waals surface area contributed by atoms with Crippen LogP contribution in [0.2, 0.25) is 0 Å². The number of nitrogens with zero attached hydrogens (tertiary/aromatic N) is 1. The van der Waals surface area contributed by atoms with Gasteiger partial charge < -0.3 is 5.32 Å². The molecule has 0 saturated heterocycles. The van der Waals surface area contributed by atoms with Crippen molar-refractivity contribution in [3.63, 3.8) is 0 Å². The normalized spacial score (nSPS) is 18.5. The second-order valence-corrected chi connectivity index (χ2v) is 5.80. The fourth-order valence-electron chi connectivity index (χ4n) is 1.77. The summed E-state index contributed by atoms with van der Waals surface area (Å²) in [4.78, 5) is 10.2. The van der Waals surface area contributed by atoms with Crippen LogP contribution in [0.1, 0.15) is 26.7 Å². The molecule has 0 radical (unpaired) electrons. The number of anilines is 1. The molecule has 0 amide bonds. The molecule has 1 saturated carbocycles. The van der Waals surface area contributed by atoms with E-state index in [4.69, 9.17) is 0 Å². The molecule has 1 aliphatic carbocycles. The van der Waals surface area contributed by atoms with Crippen molar-refractivity contribution >= 4 is 27.3 Å². The quantitative estimate of drug-likeness (QED) is 0.676. The number of rotatable bonds is 4. The van der Waals surface area contributed by atoms with Gasteiger partial charge in [-0.15, -0.1) is 0 Å². The molecule has 0 aromatic heterocycles. The van der Waals surface area contributed by atoms with Crippen molar-refractivity contribution in [3.05, 3.63) is 32.8 Å². The van der Waals surface area contributed by atoms with Gasteiger partial charge in [0.2, 0.25) is 0 Å². The lowest BCUT2D eigenvalue weighted by atomic mass is 10.0. The van der Waals surface area contributed by atoms with Gasteiger partial charge >= 0.3 is 0 Å². The van der Waals surface area contributed by atoms with E-state index in [0.717, 1.165) is 10.2 Å². The smallest absolute Gasteiger partial charge is 0.270 e. The summed E-state index contributed by atoms with van der Waals surface area (Å²) in [6.07, 6.45) is 2.48. The molecule has 1 unspecified atom stereocenters. The highest BCUT2D eigenvalue weighted by atomic mass is 79.9. The van der Waals surface area contributed by atoms with Gasteiger partial charge in [-0.05, 0) is 47.2 Å². The number of nitrogens with one attached hydrogen (secondary N) is 1. The van der Waals surface area contributed by atoms with Crippen LogP contribution in [0.4, 0.5) is 11.4 Å².